The predicted molar refractivity (Wildman–Crippen MR) is 47.2 cm³/mol. The quantitative estimate of drug-likeness (QED) is 0.238. The van der Waals surface area contributed by atoms with Gasteiger partial charge in [0.1, 0.15) is 18.3 Å². The molecule has 6 N–H and O–H groups in total. The van der Waals surface area contributed by atoms with Crippen LogP contribution >= 0.6 is 0 Å². The highest BCUT2D eigenvalue weighted by molar-refractivity contribution is 5.87. The molecule has 0 aliphatic carbocycles. The molecule has 0 saturated carbocycles. The average Bonchev–Trinajstić information content (AvgIpc) is 2.22. The van der Waals surface area contributed by atoms with Crippen molar-refractivity contribution in [3.05, 3.63) is 0 Å². The maximum Gasteiger partial charge on any atom is 0.193 e. The van der Waals surface area contributed by atoms with Gasteiger partial charge in [-0.2, -0.15) is 0 Å². The zero-order valence-corrected chi connectivity index (χ0v) is 7.84. The summed E-state index contributed by atoms with van der Waals surface area (Å²) >= 11 is 0. The van der Waals surface area contributed by atoms with Gasteiger partial charge in [0.15, 0.2) is 5.78 Å². The van der Waals surface area contributed by atoms with Crippen LogP contribution in [-0.4, -0.2) is 64.7 Å². The molecule has 0 bridgehead atoms. The maximum atomic E-state index is 11.1. The molecule has 0 aromatic carbocycles. The molecule has 0 unspecified atom stereocenters. The summed E-state index contributed by atoms with van der Waals surface area (Å²) in [5, 5.41) is 35.6. The number of Topliss-reactive ketones (excluding diaryl/α,β-unsaturated/α-hetero) is 1. The lowest BCUT2D eigenvalue weighted by Crippen LogP contribution is -2.47. The first-order valence-corrected chi connectivity index (χ1v) is 4.13. The molecule has 0 saturated heterocycles. The van der Waals surface area contributed by atoms with Gasteiger partial charge < -0.3 is 20.4 Å². The van der Waals surface area contributed by atoms with Gasteiger partial charge >= 0.3 is 0 Å². The highest BCUT2D eigenvalue weighted by Crippen LogP contribution is 1.98. The van der Waals surface area contributed by atoms with Crippen molar-refractivity contribution >= 4 is 5.78 Å². The summed E-state index contributed by atoms with van der Waals surface area (Å²) in [6.45, 7) is -0.830. The maximum absolute atomic E-state index is 11.1. The van der Waals surface area contributed by atoms with Gasteiger partial charge in [-0.1, -0.05) is 0 Å². The molecule has 0 aromatic heterocycles. The summed E-state index contributed by atoms with van der Waals surface area (Å²) in [7, 11) is 1.55. The molecule has 0 fully saturated rings. The number of hydrogen-bond donors (Lipinski definition) is 6. The van der Waals surface area contributed by atoms with E-state index in [2.05, 4.69) is 10.9 Å². The van der Waals surface area contributed by atoms with E-state index in [1.165, 1.54) is 0 Å². The SMILES string of the molecule is CNNC[C@H](O)C(=O)[C@H](O)[C@H](O)CO. The number of aliphatic hydroxyl groups excluding tert-OH is 4. The highest BCUT2D eigenvalue weighted by Gasteiger charge is 2.28. The lowest BCUT2D eigenvalue weighted by atomic mass is 10.1. The first-order valence-electron chi connectivity index (χ1n) is 4.13. The van der Waals surface area contributed by atoms with E-state index < -0.39 is 30.7 Å². The summed E-state index contributed by atoms with van der Waals surface area (Å²) in [6, 6.07) is 0. The monoisotopic (exact) mass is 208 g/mol. The Hall–Kier alpha value is -0.570. The molecule has 3 atom stereocenters. The Balaban J connectivity index is 4.03. The van der Waals surface area contributed by atoms with Gasteiger partial charge in [-0.05, 0) is 7.05 Å². The Morgan fingerprint density at radius 3 is 2.36 bits per heavy atom. The van der Waals surface area contributed by atoms with Crippen molar-refractivity contribution < 1.29 is 25.2 Å². The van der Waals surface area contributed by atoms with Crippen molar-refractivity contribution in [1.82, 2.24) is 10.9 Å². The third-order valence-corrected chi connectivity index (χ3v) is 1.64. The van der Waals surface area contributed by atoms with E-state index in [0.29, 0.717) is 0 Å². The lowest BCUT2D eigenvalue weighted by Gasteiger charge is -2.17. The fourth-order valence-electron chi connectivity index (χ4n) is 0.786. The average molecular weight is 208 g/mol. The third kappa shape index (κ3) is 4.09. The molecular weight excluding hydrogens is 192 g/mol. The molecule has 0 aliphatic rings. The van der Waals surface area contributed by atoms with Crippen molar-refractivity contribution in [3.63, 3.8) is 0 Å². The molecule has 0 rings (SSSR count). The van der Waals surface area contributed by atoms with Crippen LogP contribution in [0.15, 0.2) is 0 Å². The molecule has 0 amide bonds. The Labute approximate surface area is 81.3 Å². The number of hydrogen-bond acceptors (Lipinski definition) is 7. The summed E-state index contributed by atoms with van der Waals surface area (Å²) in [5.41, 5.74) is 4.94. The van der Waals surface area contributed by atoms with Crippen molar-refractivity contribution in [3.8, 4) is 0 Å². The zero-order valence-electron chi connectivity index (χ0n) is 7.84. The molecule has 0 heterocycles. The number of rotatable bonds is 7. The molecule has 84 valence electrons. The van der Waals surface area contributed by atoms with Gasteiger partial charge in [-0.3, -0.25) is 15.6 Å². The molecule has 7 heteroatoms. The number of carbonyl (C=O) groups excluding carboxylic acids is 1. The Morgan fingerprint density at radius 1 is 1.36 bits per heavy atom. The first-order chi connectivity index (χ1) is 6.54. The van der Waals surface area contributed by atoms with E-state index in [1.807, 2.05) is 0 Å². The van der Waals surface area contributed by atoms with E-state index in [9.17, 15) is 4.79 Å². The van der Waals surface area contributed by atoms with Gasteiger partial charge in [0, 0.05) is 6.54 Å². The summed E-state index contributed by atoms with van der Waals surface area (Å²) in [6.07, 6.45) is -4.76. The van der Waals surface area contributed by atoms with Crippen LogP contribution < -0.4 is 10.9 Å². The molecular formula is C7H16N2O5. The Morgan fingerprint density at radius 2 is 1.93 bits per heavy atom. The normalized spacial score (nSPS) is 17.5. The first kappa shape index (κ1) is 13.4. The minimum absolute atomic E-state index is 0.0927. The van der Waals surface area contributed by atoms with Crippen LogP contribution in [0.4, 0.5) is 0 Å². The van der Waals surface area contributed by atoms with Crippen LogP contribution in [0.25, 0.3) is 0 Å². The third-order valence-electron chi connectivity index (χ3n) is 1.64. The van der Waals surface area contributed by atoms with Gasteiger partial charge in [0.2, 0.25) is 0 Å². The zero-order chi connectivity index (χ0) is 11.1. The Kier molecular flexibility index (Phi) is 6.54. The fraction of sp³-hybridized carbons (Fsp3) is 0.857. The van der Waals surface area contributed by atoms with E-state index in [4.69, 9.17) is 20.4 Å². The molecule has 0 spiro atoms. The van der Waals surface area contributed by atoms with Gasteiger partial charge in [0.25, 0.3) is 0 Å². The van der Waals surface area contributed by atoms with Crippen molar-refractivity contribution in [2.45, 2.75) is 18.3 Å². The summed E-state index contributed by atoms with van der Waals surface area (Å²) in [5.74, 6) is -0.936. The fourth-order valence-corrected chi connectivity index (χ4v) is 0.786. The number of hydrazine groups is 1. The van der Waals surface area contributed by atoms with Gasteiger partial charge in [0.05, 0.1) is 6.61 Å². The minimum Gasteiger partial charge on any atom is -0.394 e. The van der Waals surface area contributed by atoms with Crippen LogP contribution in [-0.2, 0) is 4.79 Å². The van der Waals surface area contributed by atoms with Crippen LogP contribution in [0.1, 0.15) is 0 Å². The van der Waals surface area contributed by atoms with Crippen molar-refractivity contribution in [2.24, 2.45) is 0 Å². The lowest BCUT2D eigenvalue weighted by molar-refractivity contribution is -0.142. The van der Waals surface area contributed by atoms with Crippen molar-refractivity contribution in [1.29, 1.82) is 0 Å². The van der Waals surface area contributed by atoms with Crippen molar-refractivity contribution in [2.75, 3.05) is 20.2 Å². The summed E-state index contributed by atoms with van der Waals surface area (Å²) in [4.78, 5) is 11.1. The second-order valence-electron chi connectivity index (χ2n) is 2.74. The van der Waals surface area contributed by atoms with E-state index in [-0.39, 0.29) is 6.54 Å². The number of nitrogens with one attached hydrogen (secondary N) is 2. The van der Waals surface area contributed by atoms with Crippen LogP contribution in [0, 0.1) is 0 Å². The van der Waals surface area contributed by atoms with Gasteiger partial charge in [-0.25, -0.2) is 0 Å². The van der Waals surface area contributed by atoms with E-state index in [0.717, 1.165) is 0 Å². The molecule has 0 aromatic rings. The molecule has 14 heavy (non-hydrogen) atoms. The number of aliphatic hydroxyl groups is 4. The standard InChI is InChI=1S/C7H16N2O5/c1-8-9-2-4(11)6(13)7(14)5(12)3-10/h4-5,7-12,14H,2-3H2,1H3/t4-,5+,7+/m0/s1. The largest absolute Gasteiger partial charge is 0.394 e. The highest BCUT2D eigenvalue weighted by atomic mass is 16.4. The van der Waals surface area contributed by atoms with E-state index in [1.54, 1.807) is 7.05 Å². The molecule has 0 aliphatic heterocycles. The van der Waals surface area contributed by atoms with Crippen LogP contribution in [0.3, 0.4) is 0 Å². The van der Waals surface area contributed by atoms with Gasteiger partial charge in [-0.15, -0.1) is 0 Å². The second kappa shape index (κ2) is 6.82. The number of carbonyl (C=O) groups is 1. The molecule has 7 nitrogen and oxygen atoms in total. The number of ketones is 1. The minimum atomic E-state index is -1.77. The smallest absolute Gasteiger partial charge is 0.193 e. The topological polar surface area (TPSA) is 122 Å². The molecule has 0 radical (unpaired) electrons. The Bertz CT molecular complexity index is 177. The summed E-state index contributed by atoms with van der Waals surface area (Å²) < 4.78 is 0. The van der Waals surface area contributed by atoms with Crippen LogP contribution in [0.2, 0.25) is 0 Å². The second-order valence-corrected chi connectivity index (χ2v) is 2.74. The van der Waals surface area contributed by atoms with Crippen LogP contribution in [0.5, 0.6) is 0 Å². The van der Waals surface area contributed by atoms with E-state index >= 15 is 0 Å². The predicted octanol–water partition coefficient (Wildman–Crippen LogP) is -3.65.